The predicted molar refractivity (Wildman–Crippen MR) is 93.8 cm³/mol. The van der Waals surface area contributed by atoms with Crippen molar-refractivity contribution in [3.05, 3.63) is 69.3 Å². The summed E-state index contributed by atoms with van der Waals surface area (Å²) >= 11 is 0. The molecule has 132 valence electrons. The molecule has 25 heavy (non-hydrogen) atoms. The normalized spacial score (nSPS) is 10.6. The molecule has 0 saturated carbocycles. The molecule has 0 radical (unpaired) electrons. The first-order valence-corrected chi connectivity index (χ1v) is 7.88. The van der Waals surface area contributed by atoms with E-state index in [0.717, 1.165) is 17.7 Å². The number of non-ortho nitro benzene ring substituents is 1. The van der Waals surface area contributed by atoms with Crippen molar-refractivity contribution in [3.8, 4) is 5.75 Å². The molecule has 0 aliphatic carbocycles. The zero-order valence-corrected chi connectivity index (χ0v) is 14.5. The summed E-state index contributed by atoms with van der Waals surface area (Å²) in [6.07, 6.45) is 0. The standard InChI is InChI=1S/C18H21N3O4/c1-20(2)12-14-7-5-4-6-13(14)11-19-18(22)16-10-15(21(23)24)8-9-17(16)25-3/h4-10H,11-12H2,1-3H3,(H,19,22)/p+1. The van der Waals surface area contributed by atoms with Crippen molar-refractivity contribution >= 4 is 11.6 Å². The van der Waals surface area contributed by atoms with Gasteiger partial charge in [-0.15, -0.1) is 0 Å². The third-order valence-electron chi connectivity index (χ3n) is 3.74. The van der Waals surface area contributed by atoms with E-state index in [1.165, 1.54) is 30.2 Å². The fourth-order valence-corrected chi connectivity index (χ4v) is 2.54. The van der Waals surface area contributed by atoms with E-state index in [0.29, 0.717) is 12.3 Å². The number of nitrogens with zero attached hydrogens (tertiary/aromatic N) is 1. The summed E-state index contributed by atoms with van der Waals surface area (Å²) in [5, 5.41) is 13.8. The molecule has 0 bridgehead atoms. The summed E-state index contributed by atoms with van der Waals surface area (Å²) in [7, 11) is 5.54. The molecule has 0 atom stereocenters. The van der Waals surface area contributed by atoms with Crippen molar-refractivity contribution in [2.45, 2.75) is 13.1 Å². The van der Waals surface area contributed by atoms with Gasteiger partial charge in [0.25, 0.3) is 11.6 Å². The Morgan fingerprint density at radius 2 is 1.88 bits per heavy atom. The molecular weight excluding hydrogens is 322 g/mol. The number of hydrogen-bond donors (Lipinski definition) is 2. The van der Waals surface area contributed by atoms with Crippen LogP contribution >= 0.6 is 0 Å². The molecule has 0 heterocycles. The lowest BCUT2D eigenvalue weighted by atomic mass is 10.1. The van der Waals surface area contributed by atoms with Crippen molar-refractivity contribution in [2.75, 3.05) is 21.2 Å². The number of amides is 1. The van der Waals surface area contributed by atoms with Gasteiger partial charge in [-0.3, -0.25) is 14.9 Å². The Labute approximate surface area is 146 Å². The summed E-state index contributed by atoms with van der Waals surface area (Å²) in [6, 6.07) is 11.8. The van der Waals surface area contributed by atoms with Gasteiger partial charge < -0.3 is 15.0 Å². The molecular formula is C18H22N3O4+. The van der Waals surface area contributed by atoms with Crippen LogP contribution in [0.2, 0.25) is 0 Å². The van der Waals surface area contributed by atoms with Crippen molar-refractivity contribution in [1.82, 2.24) is 5.32 Å². The van der Waals surface area contributed by atoms with E-state index in [2.05, 4.69) is 19.4 Å². The van der Waals surface area contributed by atoms with Crippen LogP contribution in [0, 0.1) is 10.1 Å². The quantitative estimate of drug-likeness (QED) is 0.583. The number of nitro benzene ring substituents is 1. The van der Waals surface area contributed by atoms with Crippen molar-refractivity contribution in [2.24, 2.45) is 0 Å². The summed E-state index contributed by atoms with van der Waals surface area (Å²) in [6.45, 7) is 1.18. The Balaban J connectivity index is 2.18. The molecule has 7 heteroatoms. The number of ether oxygens (including phenoxy) is 1. The lowest BCUT2D eigenvalue weighted by molar-refractivity contribution is -0.872. The Morgan fingerprint density at radius 3 is 2.48 bits per heavy atom. The lowest BCUT2D eigenvalue weighted by Crippen LogP contribution is -3.04. The number of quaternary nitrogens is 1. The van der Waals surface area contributed by atoms with Gasteiger partial charge >= 0.3 is 0 Å². The van der Waals surface area contributed by atoms with Gasteiger partial charge in [0.05, 0.1) is 31.7 Å². The topological polar surface area (TPSA) is 85.9 Å². The zero-order chi connectivity index (χ0) is 18.4. The fraction of sp³-hybridized carbons (Fsp3) is 0.278. The summed E-state index contributed by atoms with van der Waals surface area (Å²) in [5.74, 6) is -0.110. The van der Waals surface area contributed by atoms with E-state index >= 15 is 0 Å². The van der Waals surface area contributed by atoms with E-state index in [1.807, 2.05) is 24.3 Å². The zero-order valence-electron chi connectivity index (χ0n) is 14.5. The molecule has 0 aromatic heterocycles. The van der Waals surface area contributed by atoms with Gasteiger partial charge in [0.1, 0.15) is 12.3 Å². The minimum atomic E-state index is -0.536. The van der Waals surface area contributed by atoms with Gasteiger partial charge in [0, 0.05) is 24.2 Å². The molecule has 1 amide bonds. The Kier molecular flexibility index (Phi) is 6.08. The maximum absolute atomic E-state index is 12.5. The Hall–Kier alpha value is -2.93. The average molecular weight is 344 g/mol. The molecule has 0 aliphatic heterocycles. The van der Waals surface area contributed by atoms with E-state index in [9.17, 15) is 14.9 Å². The molecule has 0 saturated heterocycles. The van der Waals surface area contributed by atoms with E-state index in [4.69, 9.17) is 4.74 Å². The van der Waals surface area contributed by atoms with Crippen LogP contribution in [-0.4, -0.2) is 32.0 Å². The van der Waals surface area contributed by atoms with Crippen LogP contribution in [0.15, 0.2) is 42.5 Å². The third kappa shape index (κ3) is 4.77. The second kappa shape index (κ2) is 8.25. The fourth-order valence-electron chi connectivity index (χ4n) is 2.54. The van der Waals surface area contributed by atoms with Gasteiger partial charge in [0.2, 0.25) is 0 Å². The molecule has 0 unspecified atom stereocenters. The van der Waals surface area contributed by atoms with Gasteiger partial charge in [-0.25, -0.2) is 0 Å². The van der Waals surface area contributed by atoms with E-state index < -0.39 is 10.8 Å². The van der Waals surface area contributed by atoms with Crippen LogP contribution in [0.1, 0.15) is 21.5 Å². The Morgan fingerprint density at radius 1 is 1.20 bits per heavy atom. The lowest BCUT2D eigenvalue weighted by Gasteiger charge is -2.13. The highest BCUT2D eigenvalue weighted by molar-refractivity contribution is 5.97. The molecule has 2 aromatic rings. The number of rotatable bonds is 7. The average Bonchev–Trinajstić information content (AvgIpc) is 2.59. The number of nitrogens with one attached hydrogen (secondary N) is 2. The Bertz CT molecular complexity index is 775. The smallest absolute Gasteiger partial charge is 0.270 e. The predicted octanol–water partition coefficient (Wildman–Crippen LogP) is 1.18. The van der Waals surface area contributed by atoms with Gasteiger partial charge in [-0.2, -0.15) is 0 Å². The van der Waals surface area contributed by atoms with Crippen LogP contribution in [-0.2, 0) is 13.1 Å². The third-order valence-corrected chi connectivity index (χ3v) is 3.74. The number of nitro groups is 1. The van der Waals surface area contributed by atoms with Crippen LogP contribution in [0.4, 0.5) is 5.69 Å². The van der Waals surface area contributed by atoms with Gasteiger partial charge in [-0.1, -0.05) is 24.3 Å². The minimum Gasteiger partial charge on any atom is -0.496 e. The van der Waals surface area contributed by atoms with E-state index in [1.54, 1.807) is 0 Å². The van der Waals surface area contributed by atoms with E-state index in [-0.39, 0.29) is 11.3 Å². The van der Waals surface area contributed by atoms with Crippen LogP contribution < -0.4 is 15.0 Å². The second-order valence-electron chi connectivity index (χ2n) is 5.98. The minimum absolute atomic E-state index is 0.146. The number of methoxy groups -OCH3 is 1. The monoisotopic (exact) mass is 344 g/mol. The van der Waals surface area contributed by atoms with Crippen LogP contribution in [0.3, 0.4) is 0 Å². The molecule has 0 spiro atoms. The first-order chi connectivity index (χ1) is 11.9. The first-order valence-electron chi connectivity index (χ1n) is 7.88. The highest BCUT2D eigenvalue weighted by Crippen LogP contribution is 2.24. The second-order valence-corrected chi connectivity index (χ2v) is 5.98. The van der Waals surface area contributed by atoms with Gasteiger partial charge in [0.15, 0.2) is 0 Å². The van der Waals surface area contributed by atoms with Gasteiger partial charge in [-0.05, 0) is 11.6 Å². The summed E-state index contributed by atoms with van der Waals surface area (Å²) < 4.78 is 5.14. The molecule has 0 fully saturated rings. The maximum Gasteiger partial charge on any atom is 0.270 e. The van der Waals surface area contributed by atoms with Crippen molar-refractivity contribution in [1.29, 1.82) is 0 Å². The first kappa shape index (κ1) is 18.4. The molecule has 7 nitrogen and oxygen atoms in total. The summed E-state index contributed by atoms with van der Waals surface area (Å²) in [5.41, 5.74) is 2.16. The van der Waals surface area contributed by atoms with Crippen LogP contribution in [0.5, 0.6) is 5.75 Å². The highest BCUT2D eigenvalue weighted by atomic mass is 16.6. The number of hydrogen-bond acceptors (Lipinski definition) is 4. The number of carbonyl (C=O) groups is 1. The molecule has 2 rings (SSSR count). The molecule has 2 aromatic carbocycles. The molecule has 2 N–H and O–H groups in total. The maximum atomic E-state index is 12.5. The summed E-state index contributed by atoms with van der Waals surface area (Å²) in [4.78, 5) is 24.2. The van der Waals surface area contributed by atoms with Crippen molar-refractivity contribution < 1.29 is 19.4 Å². The number of carbonyl (C=O) groups excluding carboxylic acids is 1. The number of benzene rings is 2. The SMILES string of the molecule is COc1ccc([N+](=O)[O-])cc1C(=O)NCc1ccccc1C[NH+](C)C. The highest BCUT2D eigenvalue weighted by Gasteiger charge is 2.17. The van der Waals surface area contributed by atoms with Crippen LogP contribution in [0.25, 0.3) is 0 Å². The largest absolute Gasteiger partial charge is 0.496 e. The molecule has 0 aliphatic rings. The van der Waals surface area contributed by atoms with Crippen molar-refractivity contribution in [3.63, 3.8) is 0 Å².